The third-order valence-corrected chi connectivity index (χ3v) is 7.13. The summed E-state index contributed by atoms with van der Waals surface area (Å²) >= 11 is 0. The van der Waals surface area contributed by atoms with Crippen molar-refractivity contribution in [3.8, 4) is 11.6 Å². The number of hydrogen-bond acceptors (Lipinski definition) is 7. The summed E-state index contributed by atoms with van der Waals surface area (Å²) in [6.07, 6.45) is 8.57. The molecule has 5 rings (SSSR count). The minimum atomic E-state index is -0.586. The third kappa shape index (κ3) is 4.99. The molecule has 170 valence electrons. The fourth-order valence-corrected chi connectivity index (χ4v) is 5.15. The molecule has 1 aromatic carbocycles. The summed E-state index contributed by atoms with van der Waals surface area (Å²) in [6.45, 7) is 4.70. The number of aliphatic hydroxyl groups is 1. The second-order valence-corrected chi connectivity index (χ2v) is 9.51. The van der Waals surface area contributed by atoms with Crippen molar-refractivity contribution in [3.63, 3.8) is 0 Å². The highest BCUT2D eigenvalue weighted by molar-refractivity contribution is 5.88. The van der Waals surface area contributed by atoms with E-state index in [-0.39, 0.29) is 6.10 Å². The highest BCUT2D eigenvalue weighted by Crippen LogP contribution is 2.36. The van der Waals surface area contributed by atoms with Gasteiger partial charge in [-0.3, -0.25) is 0 Å². The molecule has 1 aromatic heterocycles. The van der Waals surface area contributed by atoms with Crippen LogP contribution in [0.1, 0.15) is 51.4 Å². The normalized spacial score (nSPS) is 23.4. The molecule has 0 atom stereocenters. The van der Waals surface area contributed by atoms with Gasteiger partial charge in [0.2, 0.25) is 0 Å². The maximum Gasteiger partial charge on any atom is 0.265 e. The van der Waals surface area contributed by atoms with E-state index in [0.717, 1.165) is 69.3 Å². The number of nitrogens with zero attached hydrogens (tertiary/aromatic N) is 2. The maximum atomic E-state index is 10.8. The van der Waals surface area contributed by atoms with Crippen LogP contribution in [0.3, 0.4) is 0 Å². The van der Waals surface area contributed by atoms with Gasteiger partial charge in [-0.2, -0.15) is 0 Å². The molecule has 3 aliphatic rings. The maximum absolute atomic E-state index is 10.8. The van der Waals surface area contributed by atoms with Crippen molar-refractivity contribution in [3.05, 3.63) is 18.2 Å². The van der Waals surface area contributed by atoms with E-state index in [1.165, 1.54) is 12.8 Å². The van der Waals surface area contributed by atoms with Crippen LogP contribution < -0.4 is 9.47 Å². The summed E-state index contributed by atoms with van der Waals surface area (Å²) in [6, 6.07) is 5.85. The van der Waals surface area contributed by atoms with E-state index in [1.807, 2.05) is 18.2 Å². The molecular weight excluding hydrogens is 396 g/mol. The Hall–Kier alpha value is -1.83. The number of hydrogen-bond donors (Lipinski definition) is 1. The highest BCUT2D eigenvalue weighted by Gasteiger charge is 2.33. The Labute approximate surface area is 183 Å². The first-order chi connectivity index (χ1) is 15.2. The lowest BCUT2D eigenvalue weighted by atomic mass is 9.91. The lowest BCUT2D eigenvalue weighted by molar-refractivity contribution is -0.0834. The van der Waals surface area contributed by atoms with Gasteiger partial charge in [0.05, 0.1) is 18.3 Å². The van der Waals surface area contributed by atoms with E-state index in [4.69, 9.17) is 18.7 Å². The molecule has 0 radical (unpaired) electrons. The average Bonchev–Trinajstić information content (AvgIpc) is 3.44. The molecule has 0 amide bonds. The SMILES string of the molecule is OC1(CN2CCC(COc3noc4cccc(OC5CCCC5)c34)CC2)CCOCC1. The Bertz CT molecular complexity index is 849. The van der Waals surface area contributed by atoms with Crippen molar-refractivity contribution < 1.29 is 23.8 Å². The van der Waals surface area contributed by atoms with E-state index in [1.54, 1.807) is 0 Å². The van der Waals surface area contributed by atoms with Gasteiger partial charge in [-0.05, 0) is 74.8 Å². The van der Waals surface area contributed by atoms with Crippen LogP contribution in [-0.2, 0) is 4.74 Å². The molecule has 3 heterocycles. The van der Waals surface area contributed by atoms with Gasteiger partial charge >= 0.3 is 0 Å². The van der Waals surface area contributed by atoms with E-state index in [9.17, 15) is 5.11 Å². The zero-order valence-corrected chi connectivity index (χ0v) is 18.3. The molecule has 1 N–H and O–H groups in total. The van der Waals surface area contributed by atoms with Gasteiger partial charge in [-0.1, -0.05) is 6.07 Å². The molecule has 2 aromatic rings. The van der Waals surface area contributed by atoms with Crippen LogP contribution in [0.5, 0.6) is 11.6 Å². The van der Waals surface area contributed by atoms with Crippen LogP contribution in [0, 0.1) is 5.92 Å². The van der Waals surface area contributed by atoms with Crippen LogP contribution in [0.4, 0.5) is 0 Å². The molecule has 1 aliphatic carbocycles. The van der Waals surface area contributed by atoms with Gasteiger partial charge in [-0.25, -0.2) is 0 Å². The lowest BCUT2D eigenvalue weighted by Crippen LogP contribution is -2.49. The third-order valence-electron chi connectivity index (χ3n) is 7.13. The Morgan fingerprint density at radius 3 is 2.65 bits per heavy atom. The van der Waals surface area contributed by atoms with Crippen LogP contribution in [0.25, 0.3) is 11.0 Å². The van der Waals surface area contributed by atoms with Crippen molar-refractivity contribution in [1.29, 1.82) is 0 Å². The number of fused-ring (bicyclic) bond motifs is 1. The number of ether oxygens (including phenoxy) is 3. The molecular formula is C24H34N2O5. The fourth-order valence-electron chi connectivity index (χ4n) is 5.15. The van der Waals surface area contributed by atoms with Crippen molar-refractivity contribution >= 4 is 11.0 Å². The Balaban J connectivity index is 1.15. The minimum Gasteiger partial charge on any atom is -0.489 e. The van der Waals surface area contributed by atoms with Crippen LogP contribution >= 0.6 is 0 Å². The Morgan fingerprint density at radius 1 is 1.10 bits per heavy atom. The van der Waals surface area contributed by atoms with Gasteiger partial charge in [0, 0.05) is 32.6 Å². The molecule has 2 saturated heterocycles. The zero-order valence-electron chi connectivity index (χ0n) is 18.3. The summed E-state index contributed by atoms with van der Waals surface area (Å²) in [5, 5.41) is 15.8. The summed E-state index contributed by atoms with van der Waals surface area (Å²) in [4.78, 5) is 2.39. The first-order valence-corrected chi connectivity index (χ1v) is 11.9. The minimum absolute atomic E-state index is 0.281. The van der Waals surface area contributed by atoms with Gasteiger partial charge in [0.25, 0.3) is 5.88 Å². The summed E-state index contributed by atoms with van der Waals surface area (Å²) in [5.74, 6) is 1.85. The van der Waals surface area contributed by atoms with Gasteiger partial charge in [-0.15, -0.1) is 0 Å². The fraction of sp³-hybridized carbons (Fsp3) is 0.708. The van der Waals surface area contributed by atoms with E-state index >= 15 is 0 Å². The highest BCUT2D eigenvalue weighted by atomic mass is 16.5. The lowest BCUT2D eigenvalue weighted by Gasteiger charge is -2.39. The van der Waals surface area contributed by atoms with Crippen molar-refractivity contribution in [2.45, 2.75) is 63.1 Å². The Morgan fingerprint density at radius 2 is 1.87 bits per heavy atom. The zero-order chi connectivity index (χ0) is 21.1. The number of likely N-dealkylation sites (tertiary alicyclic amines) is 1. The van der Waals surface area contributed by atoms with E-state index < -0.39 is 5.60 Å². The topological polar surface area (TPSA) is 77.2 Å². The predicted molar refractivity (Wildman–Crippen MR) is 117 cm³/mol. The quantitative estimate of drug-likeness (QED) is 0.716. The molecule has 0 unspecified atom stereocenters. The molecule has 1 saturated carbocycles. The summed E-state index contributed by atoms with van der Waals surface area (Å²) in [7, 11) is 0. The molecule has 7 nitrogen and oxygen atoms in total. The monoisotopic (exact) mass is 430 g/mol. The molecule has 2 aliphatic heterocycles. The van der Waals surface area contributed by atoms with Gasteiger partial charge < -0.3 is 28.7 Å². The first kappa shape index (κ1) is 21.0. The van der Waals surface area contributed by atoms with E-state index in [2.05, 4.69) is 10.1 Å². The van der Waals surface area contributed by atoms with Crippen molar-refractivity contribution in [1.82, 2.24) is 10.1 Å². The van der Waals surface area contributed by atoms with Crippen molar-refractivity contribution in [2.75, 3.05) is 39.5 Å². The number of piperidine rings is 1. The average molecular weight is 431 g/mol. The Kier molecular flexibility index (Phi) is 6.34. The van der Waals surface area contributed by atoms with Gasteiger partial charge in [0.15, 0.2) is 5.58 Å². The first-order valence-electron chi connectivity index (χ1n) is 11.9. The summed E-state index contributed by atoms with van der Waals surface area (Å²) in [5.41, 5.74) is 0.127. The second kappa shape index (κ2) is 9.35. The van der Waals surface area contributed by atoms with Crippen LogP contribution in [-0.4, -0.2) is 66.3 Å². The van der Waals surface area contributed by atoms with Gasteiger partial charge in [0.1, 0.15) is 11.1 Å². The van der Waals surface area contributed by atoms with Crippen LogP contribution in [0.2, 0.25) is 0 Å². The largest absolute Gasteiger partial charge is 0.489 e. The van der Waals surface area contributed by atoms with Crippen LogP contribution in [0.15, 0.2) is 22.7 Å². The second-order valence-electron chi connectivity index (χ2n) is 9.51. The molecule has 31 heavy (non-hydrogen) atoms. The summed E-state index contributed by atoms with van der Waals surface area (Å²) < 4.78 is 23.3. The number of rotatable bonds is 7. The number of aromatic nitrogens is 1. The van der Waals surface area contributed by atoms with E-state index in [0.29, 0.717) is 37.2 Å². The van der Waals surface area contributed by atoms with Crippen molar-refractivity contribution in [2.24, 2.45) is 5.92 Å². The smallest absolute Gasteiger partial charge is 0.265 e. The predicted octanol–water partition coefficient (Wildman–Crippen LogP) is 3.78. The molecule has 0 spiro atoms. The molecule has 0 bridgehead atoms. The molecule has 3 fully saturated rings. The molecule has 7 heteroatoms. The standard InChI is InChI=1S/C24H34N2O5/c27-24(10-14-28-15-11-24)17-26-12-8-18(9-13-26)16-29-23-22-20(30-19-4-1-2-5-19)6-3-7-21(22)31-25-23/h3,6-7,18-19,27H,1-2,4-5,8-17H2. The number of β-amino-alcohol motifs (C(OH)–C–C–N with tert-alkyl or cyclic N) is 1. The number of benzene rings is 1.